The summed E-state index contributed by atoms with van der Waals surface area (Å²) in [4.78, 5) is 35.0. The predicted molar refractivity (Wildman–Crippen MR) is 151 cm³/mol. The molecule has 11 nitrogen and oxygen atoms in total. The van der Waals surface area contributed by atoms with Gasteiger partial charge in [0.2, 0.25) is 5.88 Å². The normalized spacial score (nSPS) is 17.6. The van der Waals surface area contributed by atoms with E-state index in [0.29, 0.717) is 23.8 Å². The van der Waals surface area contributed by atoms with Gasteiger partial charge in [-0.25, -0.2) is 19.7 Å². The van der Waals surface area contributed by atoms with Gasteiger partial charge in [0, 0.05) is 51.2 Å². The lowest BCUT2D eigenvalue weighted by Crippen LogP contribution is -2.46. The SMILES string of the molecule is COC(=O)c1ccc2nc(CN3CCN(c4cccc(OCc5ncc(Br)cn5)n4)CC3)n(CC3CCO3)c2c1. The van der Waals surface area contributed by atoms with E-state index < -0.39 is 0 Å². The van der Waals surface area contributed by atoms with E-state index in [1.807, 2.05) is 30.3 Å². The number of ether oxygens (including phenoxy) is 3. The van der Waals surface area contributed by atoms with Gasteiger partial charge in [-0.1, -0.05) is 6.07 Å². The Kier molecular flexibility index (Phi) is 7.89. The lowest BCUT2D eigenvalue weighted by atomic mass is 10.1. The minimum atomic E-state index is -0.350. The van der Waals surface area contributed by atoms with E-state index in [1.165, 1.54) is 7.11 Å². The van der Waals surface area contributed by atoms with Gasteiger partial charge in [-0.2, -0.15) is 4.98 Å². The van der Waals surface area contributed by atoms with Crippen LogP contribution < -0.4 is 9.64 Å². The fourth-order valence-electron chi connectivity index (χ4n) is 4.92. The number of carbonyl (C=O) groups is 1. The van der Waals surface area contributed by atoms with Crippen LogP contribution in [-0.2, 0) is 29.2 Å². The van der Waals surface area contributed by atoms with Crippen molar-refractivity contribution in [3.05, 3.63) is 70.5 Å². The number of hydrogen-bond acceptors (Lipinski definition) is 10. The highest BCUT2D eigenvalue weighted by molar-refractivity contribution is 9.10. The molecular formula is C28H30BrN7O4. The predicted octanol–water partition coefficient (Wildman–Crippen LogP) is 3.46. The maximum atomic E-state index is 12.2. The maximum absolute atomic E-state index is 12.2. The number of pyridine rings is 1. The number of aromatic nitrogens is 5. The number of piperazine rings is 1. The van der Waals surface area contributed by atoms with Crippen LogP contribution in [0.3, 0.4) is 0 Å². The molecule has 12 heteroatoms. The zero-order valence-electron chi connectivity index (χ0n) is 22.2. The highest BCUT2D eigenvalue weighted by Gasteiger charge is 2.25. The van der Waals surface area contributed by atoms with Crippen molar-refractivity contribution >= 4 is 38.8 Å². The Morgan fingerprint density at radius 1 is 1.10 bits per heavy atom. The van der Waals surface area contributed by atoms with Gasteiger partial charge in [0.05, 0.1) is 47.4 Å². The molecule has 0 radical (unpaired) electrons. The molecule has 4 aromatic rings. The Morgan fingerprint density at radius 2 is 1.90 bits per heavy atom. The lowest BCUT2D eigenvalue weighted by Gasteiger charge is -2.35. The number of anilines is 1. The monoisotopic (exact) mass is 607 g/mol. The van der Waals surface area contributed by atoms with Gasteiger partial charge in [0.25, 0.3) is 0 Å². The van der Waals surface area contributed by atoms with Gasteiger partial charge < -0.3 is 23.7 Å². The van der Waals surface area contributed by atoms with E-state index in [1.54, 1.807) is 18.5 Å². The quantitative estimate of drug-likeness (QED) is 0.262. The molecule has 2 fully saturated rings. The van der Waals surface area contributed by atoms with Crippen molar-refractivity contribution < 1.29 is 19.0 Å². The van der Waals surface area contributed by atoms with Gasteiger partial charge in [-0.3, -0.25) is 4.90 Å². The molecule has 0 bridgehead atoms. The molecule has 0 spiro atoms. The lowest BCUT2D eigenvalue weighted by molar-refractivity contribution is -0.0592. The zero-order valence-corrected chi connectivity index (χ0v) is 23.8. The van der Waals surface area contributed by atoms with Crippen molar-refractivity contribution in [1.82, 2.24) is 29.4 Å². The number of fused-ring (bicyclic) bond motifs is 1. The molecule has 5 heterocycles. The molecule has 1 atom stereocenters. The van der Waals surface area contributed by atoms with Crippen LogP contribution in [0.25, 0.3) is 11.0 Å². The topological polar surface area (TPSA) is 108 Å². The third-order valence-corrected chi connectivity index (χ3v) is 7.63. The second kappa shape index (κ2) is 11.9. The summed E-state index contributed by atoms with van der Waals surface area (Å²) in [6.45, 7) is 5.90. The molecule has 0 amide bonds. The van der Waals surface area contributed by atoms with Gasteiger partial charge in [0.1, 0.15) is 18.2 Å². The van der Waals surface area contributed by atoms with Crippen LogP contribution in [0.2, 0.25) is 0 Å². The average molecular weight is 608 g/mol. The number of benzene rings is 1. The maximum Gasteiger partial charge on any atom is 0.337 e. The van der Waals surface area contributed by atoms with Crippen LogP contribution >= 0.6 is 15.9 Å². The number of carbonyl (C=O) groups excluding carboxylic acids is 1. The minimum absolute atomic E-state index is 0.172. The first-order valence-electron chi connectivity index (χ1n) is 13.3. The highest BCUT2D eigenvalue weighted by atomic mass is 79.9. The third-order valence-electron chi connectivity index (χ3n) is 7.22. The molecule has 1 aromatic carbocycles. The van der Waals surface area contributed by atoms with Crippen LogP contribution in [0, 0.1) is 0 Å². The van der Waals surface area contributed by atoms with Gasteiger partial charge in [-0.05, 0) is 46.6 Å². The van der Waals surface area contributed by atoms with Crippen LogP contribution in [0.5, 0.6) is 5.88 Å². The second-order valence-corrected chi connectivity index (χ2v) is 10.7. The second-order valence-electron chi connectivity index (χ2n) is 9.82. The Labute approximate surface area is 240 Å². The van der Waals surface area contributed by atoms with E-state index in [9.17, 15) is 4.79 Å². The molecule has 2 aliphatic rings. The molecule has 2 saturated heterocycles. The first kappa shape index (κ1) is 26.6. The van der Waals surface area contributed by atoms with Crippen molar-refractivity contribution in [2.45, 2.75) is 32.2 Å². The van der Waals surface area contributed by atoms with Crippen molar-refractivity contribution in [3.8, 4) is 5.88 Å². The largest absolute Gasteiger partial charge is 0.469 e. The summed E-state index contributed by atoms with van der Waals surface area (Å²) in [5.74, 6) is 2.66. The van der Waals surface area contributed by atoms with E-state index >= 15 is 0 Å². The van der Waals surface area contributed by atoms with E-state index in [2.05, 4.69) is 40.3 Å². The summed E-state index contributed by atoms with van der Waals surface area (Å²) in [5, 5.41) is 0. The Balaban J connectivity index is 1.11. The number of methoxy groups -OCH3 is 1. The first-order chi connectivity index (χ1) is 19.6. The fraction of sp³-hybridized carbons (Fsp3) is 0.393. The molecule has 208 valence electrons. The molecule has 0 saturated carbocycles. The number of imidazole rings is 1. The molecule has 0 aliphatic carbocycles. The number of halogens is 1. The number of esters is 1. The molecule has 2 aliphatic heterocycles. The minimum Gasteiger partial charge on any atom is -0.469 e. The van der Waals surface area contributed by atoms with E-state index in [4.69, 9.17) is 24.2 Å². The fourth-order valence-corrected chi connectivity index (χ4v) is 5.13. The Morgan fingerprint density at radius 3 is 2.62 bits per heavy atom. The first-order valence-corrected chi connectivity index (χ1v) is 14.1. The van der Waals surface area contributed by atoms with Crippen LogP contribution in [-0.4, -0.2) is 81.4 Å². The van der Waals surface area contributed by atoms with E-state index in [0.717, 1.165) is 72.9 Å². The van der Waals surface area contributed by atoms with Gasteiger partial charge in [-0.15, -0.1) is 0 Å². The molecule has 6 rings (SSSR count). The molecular weight excluding hydrogens is 578 g/mol. The van der Waals surface area contributed by atoms with Crippen molar-refractivity contribution in [2.24, 2.45) is 0 Å². The highest BCUT2D eigenvalue weighted by Crippen LogP contribution is 2.24. The van der Waals surface area contributed by atoms with Crippen LogP contribution in [0.1, 0.15) is 28.4 Å². The van der Waals surface area contributed by atoms with Gasteiger partial charge >= 0.3 is 5.97 Å². The summed E-state index contributed by atoms with van der Waals surface area (Å²) in [7, 11) is 1.40. The van der Waals surface area contributed by atoms with Crippen LogP contribution in [0.15, 0.2) is 53.3 Å². The molecule has 0 N–H and O–H groups in total. The zero-order chi connectivity index (χ0) is 27.5. The van der Waals surface area contributed by atoms with Gasteiger partial charge in [0.15, 0.2) is 5.82 Å². The summed E-state index contributed by atoms with van der Waals surface area (Å²) in [6, 6.07) is 11.4. The standard InChI is InChI=1S/C28H30BrN7O4/c1-38-28(37)19-5-6-22-23(13-19)36(16-21-7-12-39-21)26(32-22)17-34-8-10-35(11-9-34)25-3-2-4-27(33-25)40-18-24-30-14-20(29)15-31-24/h2-6,13-15,21H,7-12,16-18H2,1H3. The van der Waals surface area contributed by atoms with Crippen molar-refractivity contribution in [3.63, 3.8) is 0 Å². The van der Waals surface area contributed by atoms with Crippen molar-refractivity contribution in [2.75, 3.05) is 44.8 Å². The summed E-state index contributed by atoms with van der Waals surface area (Å²) in [6.07, 6.45) is 4.60. The average Bonchev–Trinajstić information content (AvgIpc) is 3.30. The molecule has 1 unspecified atom stereocenters. The summed E-state index contributed by atoms with van der Waals surface area (Å²) in [5.41, 5.74) is 2.32. The third kappa shape index (κ3) is 5.93. The molecule has 3 aromatic heterocycles. The molecule has 40 heavy (non-hydrogen) atoms. The number of hydrogen-bond donors (Lipinski definition) is 0. The Bertz CT molecular complexity index is 1480. The number of nitrogens with zero attached hydrogens (tertiary/aromatic N) is 7. The number of rotatable bonds is 9. The van der Waals surface area contributed by atoms with Crippen LogP contribution in [0.4, 0.5) is 5.82 Å². The summed E-state index contributed by atoms with van der Waals surface area (Å²) >= 11 is 3.34. The smallest absolute Gasteiger partial charge is 0.337 e. The Hall–Kier alpha value is -3.61. The van der Waals surface area contributed by atoms with Crippen molar-refractivity contribution in [1.29, 1.82) is 0 Å². The van der Waals surface area contributed by atoms with E-state index in [-0.39, 0.29) is 18.7 Å². The summed E-state index contributed by atoms with van der Waals surface area (Å²) < 4.78 is 19.5.